The number of aryl methyl sites for hydroxylation is 1. The van der Waals surface area contributed by atoms with E-state index in [4.69, 9.17) is 0 Å². The monoisotopic (exact) mass is 322 g/mol. The van der Waals surface area contributed by atoms with Crippen LogP contribution in [-0.4, -0.2) is 14.3 Å². The van der Waals surface area contributed by atoms with Gasteiger partial charge in [0.05, 0.1) is 15.9 Å². The van der Waals surface area contributed by atoms with Gasteiger partial charge in [-0.2, -0.15) is 0 Å². The fraction of sp³-hybridized carbons (Fsp3) is 0.250. The van der Waals surface area contributed by atoms with Crippen LogP contribution < -0.4 is 0 Å². The van der Waals surface area contributed by atoms with E-state index in [9.17, 15) is 20.2 Å². The van der Waals surface area contributed by atoms with Crippen LogP contribution in [0.3, 0.4) is 0 Å². The maximum atomic E-state index is 10.7. The number of halogens is 1. The predicted octanol–water partition coefficient (Wildman–Crippen LogP) is 2.48. The summed E-state index contributed by atoms with van der Waals surface area (Å²) in [7, 11) is 0. The maximum absolute atomic E-state index is 10.7. The zero-order valence-electron chi connectivity index (χ0n) is 7.55. The van der Waals surface area contributed by atoms with E-state index in [-0.39, 0.29) is 11.4 Å². The van der Waals surface area contributed by atoms with Gasteiger partial charge >= 0.3 is 0 Å². The molecule has 0 amide bonds. The Morgan fingerprint density at radius 2 is 1.87 bits per heavy atom. The normalized spacial score (nSPS) is 9.93. The number of hydrogen-bond acceptors (Lipinski definition) is 4. The zero-order chi connectivity index (χ0) is 11.4. The summed E-state index contributed by atoms with van der Waals surface area (Å²) in [5, 5.41) is 21.1. The topological polar surface area (TPSA) is 86.3 Å². The number of nitrogens with zero attached hydrogens (tertiary/aromatic N) is 2. The van der Waals surface area contributed by atoms with Crippen molar-refractivity contribution >= 4 is 34.0 Å². The van der Waals surface area contributed by atoms with E-state index in [1.54, 1.807) is 0 Å². The summed E-state index contributed by atoms with van der Waals surface area (Å²) in [6.07, 6.45) is 0.537. The van der Waals surface area contributed by atoms with E-state index in [0.29, 0.717) is 12.0 Å². The molecule has 0 aliphatic rings. The molecule has 0 fully saturated rings. The van der Waals surface area contributed by atoms with Gasteiger partial charge in [-0.3, -0.25) is 20.2 Å². The summed E-state index contributed by atoms with van der Waals surface area (Å²) in [6, 6.07) is 3.73. The molecule has 1 rings (SSSR count). The number of non-ortho nitro benzene ring substituents is 1. The van der Waals surface area contributed by atoms with Gasteiger partial charge in [0.25, 0.3) is 11.4 Å². The largest absolute Gasteiger partial charge is 0.279 e. The molecule has 0 atom stereocenters. The smallest absolute Gasteiger partial charge is 0.258 e. The molecule has 1 aromatic rings. The van der Waals surface area contributed by atoms with E-state index in [0.717, 1.165) is 10.5 Å². The molecule has 0 heterocycles. The Balaban J connectivity index is 3.20. The lowest BCUT2D eigenvalue weighted by Gasteiger charge is -1.99. The Hall–Kier alpha value is -1.25. The summed E-state index contributed by atoms with van der Waals surface area (Å²) in [5.74, 6) is 0. The predicted molar refractivity (Wildman–Crippen MR) is 62.3 cm³/mol. The molecule has 7 heteroatoms. The van der Waals surface area contributed by atoms with E-state index >= 15 is 0 Å². The Morgan fingerprint density at radius 3 is 2.33 bits per heavy atom. The molecular weight excluding hydrogens is 315 g/mol. The lowest BCUT2D eigenvalue weighted by Crippen LogP contribution is -1.98. The Morgan fingerprint density at radius 1 is 1.20 bits per heavy atom. The lowest BCUT2D eigenvalue weighted by molar-refractivity contribution is -0.394. The average Bonchev–Trinajstić information content (AvgIpc) is 2.18. The van der Waals surface area contributed by atoms with Crippen molar-refractivity contribution in [3.05, 3.63) is 44.0 Å². The first-order valence-electron chi connectivity index (χ1n) is 4.04. The van der Waals surface area contributed by atoms with Crippen LogP contribution in [0.25, 0.3) is 0 Å². The second-order valence-corrected chi connectivity index (χ2v) is 3.84. The van der Waals surface area contributed by atoms with Crippen molar-refractivity contribution in [1.29, 1.82) is 0 Å². The minimum absolute atomic E-state index is 0.180. The molecule has 0 aliphatic heterocycles. The fourth-order valence-corrected chi connectivity index (χ4v) is 1.73. The van der Waals surface area contributed by atoms with Crippen molar-refractivity contribution in [2.24, 2.45) is 0 Å². The van der Waals surface area contributed by atoms with Crippen molar-refractivity contribution in [3.8, 4) is 0 Å². The highest BCUT2D eigenvalue weighted by Gasteiger charge is 2.18. The first-order valence-corrected chi connectivity index (χ1v) is 5.56. The van der Waals surface area contributed by atoms with Gasteiger partial charge in [-0.05, 0) is 12.5 Å². The molecule has 0 bridgehead atoms. The molecule has 0 saturated carbocycles. The number of nitro benzene ring substituents is 2. The van der Waals surface area contributed by atoms with Crippen LogP contribution in [0.1, 0.15) is 5.56 Å². The molecule has 0 aromatic heterocycles. The van der Waals surface area contributed by atoms with Gasteiger partial charge in [-0.15, -0.1) is 0 Å². The Labute approximate surface area is 98.7 Å². The second-order valence-electron chi connectivity index (χ2n) is 2.77. The molecule has 80 valence electrons. The Kier molecular flexibility index (Phi) is 3.95. The summed E-state index contributed by atoms with van der Waals surface area (Å²) < 4.78 is 0.733. The highest BCUT2D eigenvalue weighted by molar-refractivity contribution is 14.1. The van der Waals surface area contributed by atoms with Crippen LogP contribution in [-0.2, 0) is 6.42 Å². The summed E-state index contributed by atoms with van der Waals surface area (Å²) in [4.78, 5) is 19.9. The molecule has 1 aromatic carbocycles. The first-order chi connectivity index (χ1) is 7.06. The number of nitro groups is 2. The standard InChI is InChI=1S/C8H7IN2O4/c9-4-3-6-1-2-7(10(12)13)5-8(6)11(14)15/h1-2,5H,3-4H2. The van der Waals surface area contributed by atoms with Gasteiger partial charge in [0.1, 0.15) is 0 Å². The minimum atomic E-state index is -0.638. The van der Waals surface area contributed by atoms with Gasteiger partial charge in [-0.25, -0.2) is 0 Å². The highest BCUT2D eigenvalue weighted by Crippen LogP contribution is 2.25. The average molecular weight is 322 g/mol. The number of benzene rings is 1. The van der Waals surface area contributed by atoms with Crippen molar-refractivity contribution in [2.75, 3.05) is 4.43 Å². The summed E-state index contributed by atoms with van der Waals surface area (Å²) >= 11 is 2.10. The molecule has 0 unspecified atom stereocenters. The lowest BCUT2D eigenvalue weighted by atomic mass is 10.1. The molecule has 0 saturated heterocycles. The van der Waals surface area contributed by atoms with E-state index in [2.05, 4.69) is 22.6 Å². The zero-order valence-corrected chi connectivity index (χ0v) is 9.71. The first kappa shape index (κ1) is 11.8. The molecule has 6 nitrogen and oxygen atoms in total. The summed E-state index contributed by atoms with van der Waals surface area (Å²) in [6.45, 7) is 0. The van der Waals surface area contributed by atoms with Crippen LogP contribution in [0.15, 0.2) is 18.2 Å². The van der Waals surface area contributed by atoms with Crippen molar-refractivity contribution in [2.45, 2.75) is 6.42 Å². The molecule has 15 heavy (non-hydrogen) atoms. The van der Waals surface area contributed by atoms with Gasteiger partial charge in [0.15, 0.2) is 0 Å². The van der Waals surface area contributed by atoms with Crippen LogP contribution in [0, 0.1) is 20.2 Å². The summed E-state index contributed by atoms with van der Waals surface area (Å²) in [5.41, 5.74) is 0.0970. The van der Waals surface area contributed by atoms with Crippen LogP contribution in [0.4, 0.5) is 11.4 Å². The second kappa shape index (κ2) is 5.01. The van der Waals surface area contributed by atoms with Crippen molar-refractivity contribution in [1.82, 2.24) is 0 Å². The van der Waals surface area contributed by atoms with E-state index in [1.165, 1.54) is 12.1 Å². The highest BCUT2D eigenvalue weighted by atomic mass is 127. The third-order valence-corrected chi connectivity index (χ3v) is 2.38. The number of alkyl halides is 1. The molecule has 0 radical (unpaired) electrons. The van der Waals surface area contributed by atoms with Gasteiger partial charge < -0.3 is 0 Å². The third-order valence-electron chi connectivity index (χ3n) is 1.84. The van der Waals surface area contributed by atoms with Crippen molar-refractivity contribution < 1.29 is 9.85 Å². The van der Waals surface area contributed by atoms with Gasteiger partial charge in [-0.1, -0.05) is 22.6 Å². The number of rotatable bonds is 4. The van der Waals surface area contributed by atoms with Gasteiger partial charge in [0, 0.05) is 16.1 Å². The van der Waals surface area contributed by atoms with Crippen LogP contribution in [0.2, 0.25) is 0 Å². The molecular formula is C8H7IN2O4. The quantitative estimate of drug-likeness (QED) is 0.369. The fourth-order valence-electron chi connectivity index (χ4n) is 1.15. The molecule has 0 spiro atoms. The van der Waals surface area contributed by atoms with Crippen LogP contribution >= 0.6 is 22.6 Å². The van der Waals surface area contributed by atoms with E-state index in [1.807, 2.05) is 0 Å². The number of hydrogen-bond donors (Lipinski definition) is 0. The van der Waals surface area contributed by atoms with Gasteiger partial charge in [0.2, 0.25) is 0 Å². The van der Waals surface area contributed by atoms with Crippen LogP contribution in [0.5, 0.6) is 0 Å². The Bertz CT molecular complexity index is 408. The molecule has 0 N–H and O–H groups in total. The van der Waals surface area contributed by atoms with Crippen molar-refractivity contribution in [3.63, 3.8) is 0 Å². The van der Waals surface area contributed by atoms with E-state index < -0.39 is 9.85 Å². The SMILES string of the molecule is O=[N+]([O-])c1ccc(CCI)c([N+](=O)[O-])c1. The third kappa shape index (κ3) is 2.85. The maximum Gasteiger partial charge on any atom is 0.279 e. The molecule has 0 aliphatic carbocycles. The minimum Gasteiger partial charge on any atom is -0.258 e.